The Morgan fingerprint density at radius 3 is 2.55 bits per heavy atom. The lowest BCUT2D eigenvalue weighted by Crippen LogP contribution is -2.38. The van der Waals surface area contributed by atoms with Crippen molar-refractivity contribution in [2.75, 3.05) is 7.11 Å². The van der Waals surface area contributed by atoms with Gasteiger partial charge in [0.1, 0.15) is 12.2 Å². The molecule has 0 aliphatic carbocycles. The maximum atomic E-state index is 12.1. The van der Waals surface area contributed by atoms with Gasteiger partial charge >= 0.3 is 5.97 Å². The standard InChI is InChI=1S/C15H20O5/c1-9-12(13(10(2)16)20-15(9)18-3)19-14(17)11-7-5-4-6-8-11/h4-10,12-13,15-16H,1-3H3/t9-,10?,12-,13+,15-/m0/s1. The van der Waals surface area contributed by atoms with Crippen LogP contribution in [0.1, 0.15) is 24.2 Å². The summed E-state index contributed by atoms with van der Waals surface area (Å²) in [5, 5.41) is 9.77. The first-order valence-electron chi connectivity index (χ1n) is 6.67. The van der Waals surface area contributed by atoms with Crippen LogP contribution in [0.2, 0.25) is 0 Å². The Kier molecular flexibility index (Phi) is 4.75. The molecule has 1 aliphatic heterocycles. The lowest BCUT2D eigenvalue weighted by Gasteiger charge is -2.23. The van der Waals surface area contributed by atoms with Gasteiger partial charge in [0, 0.05) is 13.0 Å². The second-order valence-corrected chi connectivity index (χ2v) is 5.04. The fraction of sp³-hybridized carbons (Fsp3) is 0.533. The predicted octanol–water partition coefficient (Wildman–Crippen LogP) is 1.60. The van der Waals surface area contributed by atoms with Gasteiger partial charge in [-0.1, -0.05) is 25.1 Å². The monoisotopic (exact) mass is 280 g/mol. The molecule has 0 radical (unpaired) electrons. The van der Waals surface area contributed by atoms with E-state index in [0.717, 1.165) is 0 Å². The Morgan fingerprint density at radius 2 is 2.00 bits per heavy atom. The predicted molar refractivity (Wildman–Crippen MR) is 72.2 cm³/mol. The molecule has 5 heteroatoms. The second kappa shape index (κ2) is 6.35. The van der Waals surface area contributed by atoms with E-state index in [4.69, 9.17) is 14.2 Å². The molecule has 1 aromatic carbocycles. The minimum atomic E-state index is -0.744. The van der Waals surface area contributed by atoms with Crippen LogP contribution in [0.4, 0.5) is 0 Å². The number of esters is 1. The van der Waals surface area contributed by atoms with E-state index >= 15 is 0 Å². The van der Waals surface area contributed by atoms with E-state index in [1.807, 2.05) is 13.0 Å². The van der Waals surface area contributed by atoms with Crippen molar-refractivity contribution in [3.63, 3.8) is 0 Å². The molecule has 1 aromatic rings. The van der Waals surface area contributed by atoms with Gasteiger partial charge < -0.3 is 19.3 Å². The summed E-state index contributed by atoms with van der Waals surface area (Å²) >= 11 is 0. The lowest BCUT2D eigenvalue weighted by molar-refractivity contribution is -0.149. The first kappa shape index (κ1) is 15.0. The van der Waals surface area contributed by atoms with E-state index in [-0.39, 0.29) is 5.92 Å². The van der Waals surface area contributed by atoms with Crippen LogP contribution in [0, 0.1) is 5.92 Å². The Morgan fingerprint density at radius 1 is 1.35 bits per heavy atom. The van der Waals surface area contributed by atoms with Crippen molar-refractivity contribution < 1.29 is 24.1 Å². The van der Waals surface area contributed by atoms with Gasteiger partial charge in [-0.25, -0.2) is 4.79 Å². The van der Waals surface area contributed by atoms with Crippen LogP contribution in [0.3, 0.4) is 0 Å². The van der Waals surface area contributed by atoms with Crippen molar-refractivity contribution in [1.29, 1.82) is 0 Å². The molecule has 1 heterocycles. The quantitative estimate of drug-likeness (QED) is 0.849. The molecule has 5 atom stereocenters. The van der Waals surface area contributed by atoms with Crippen LogP contribution in [0.15, 0.2) is 30.3 Å². The van der Waals surface area contributed by atoms with E-state index in [1.54, 1.807) is 31.2 Å². The highest BCUT2D eigenvalue weighted by atomic mass is 16.7. The van der Waals surface area contributed by atoms with Crippen molar-refractivity contribution in [3.05, 3.63) is 35.9 Å². The first-order chi connectivity index (χ1) is 9.54. The second-order valence-electron chi connectivity index (χ2n) is 5.04. The molecule has 1 aliphatic rings. The molecule has 0 bridgehead atoms. The van der Waals surface area contributed by atoms with Crippen molar-refractivity contribution in [3.8, 4) is 0 Å². The zero-order valence-electron chi connectivity index (χ0n) is 11.9. The third-order valence-electron chi connectivity index (χ3n) is 3.52. The number of methoxy groups -OCH3 is 1. The summed E-state index contributed by atoms with van der Waals surface area (Å²) in [6.07, 6.45) is -2.34. The minimum absolute atomic E-state index is 0.146. The van der Waals surface area contributed by atoms with E-state index in [0.29, 0.717) is 5.56 Å². The molecule has 1 N–H and O–H groups in total. The smallest absolute Gasteiger partial charge is 0.338 e. The van der Waals surface area contributed by atoms with Gasteiger partial charge in [0.15, 0.2) is 6.29 Å². The van der Waals surface area contributed by atoms with Gasteiger partial charge in [-0.2, -0.15) is 0 Å². The summed E-state index contributed by atoms with van der Waals surface area (Å²) in [4.78, 5) is 12.1. The summed E-state index contributed by atoms with van der Waals surface area (Å²) in [6, 6.07) is 8.75. The van der Waals surface area contributed by atoms with Crippen LogP contribution in [0.25, 0.3) is 0 Å². The molecule has 0 aromatic heterocycles. The fourth-order valence-electron chi connectivity index (χ4n) is 2.41. The molecular weight excluding hydrogens is 260 g/mol. The Hall–Kier alpha value is -1.43. The molecule has 1 saturated heterocycles. The van der Waals surface area contributed by atoms with E-state index in [1.165, 1.54) is 7.11 Å². The van der Waals surface area contributed by atoms with Crippen molar-refractivity contribution in [2.45, 2.75) is 38.4 Å². The molecular formula is C15H20O5. The van der Waals surface area contributed by atoms with Crippen LogP contribution < -0.4 is 0 Å². The van der Waals surface area contributed by atoms with Gasteiger partial charge in [0.05, 0.1) is 11.7 Å². The normalized spacial score (nSPS) is 31.0. The molecule has 1 fully saturated rings. The fourth-order valence-corrected chi connectivity index (χ4v) is 2.41. The van der Waals surface area contributed by atoms with E-state index < -0.39 is 30.6 Å². The van der Waals surface area contributed by atoms with Crippen LogP contribution >= 0.6 is 0 Å². The van der Waals surface area contributed by atoms with E-state index in [2.05, 4.69) is 0 Å². The Bertz CT molecular complexity index is 445. The minimum Gasteiger partial charge on any atom is -0.455 e. The highest BCUT2D eigenvalue weighted by Gasteiger charge is 2.46. The first-order valence-corrected chi connectivity index (χ1v) is 6.67. The average molecular weight is 280 g/mol. The van der Waals surface area contributed by atoms with Gasteiger partial charge in [-0.05, 0) is 19.1 Å². The largest absolute Gasteiger partial charge is 0.455 e. The number of rotatable bonds is 4. The van der Waals surface area contributed by atoms with Crippen LogP contribution in [-0.2, 0) is 14.2 Å². The highest BCUT2D eigenvalue weighted by molar-refractivity contribution is 5.89. The zero-order chi connectivity index (χ0) is 14.7. The molecule has 1 unspecified atom stereocenters. The van der Waals surface area contributed by atoms with Gasteiger partial charge in [-0.3, -0.25) is 0 Å². The Labute approximate surface area is 118 Å². The molecule has 0 amide bonds. The zero-order valence-corrected chi connectivity index (χ0v) is 11.9. The summed E-state index contributed by atoms with van der Waals surface area (Å²) < 4.78 is 16.3. The number of carbonyl (C=O) groups is 1. The summed E-state index contributed by atoms with van der Waals surface area (Å²) in [7, 11) is 1.53. The topological polar surface area (TPSA) is 65.0 Å². The molecule has 2 rings (SSSR count). The maximum absolute atomic E-state index is 12.1. The molecule has 0 saturated carbocycles. The summed E-state index contributed by atoms with van der Waals surface area (Å²) in [5.74, 6) is -0.569. The van der Waals surface area contributed by atoms with E-state index in [9.17, 15) is 9.90 Å². The number of carbonyl (C=O) groups excluding carboxylic acids is 1. The van der Waals surface area contributed by atoms with Gasteiger partial charge in [0.25, 0.3) is 0 Å². The SMILES string of the molecule is CO[C@H]1O[C@H](C(C)O)[C@@H](OC(=O)c2ccccc2)[C@@H]1C. The highest BCUT2D eigenvalue weighted by Crippen LogP contribution is 2.32. The van der Waals surface area contributed by atoms with Crippen LogP contribution in [0.5, 0.6) is 0 Å². The summed E-state index contributed by atoms with van der Waals surface area (Å²) in [5.41, 5.74) is 0.477. The number of benzene rings is 1. The molecule has 110 valence electrons. The van der Waals surface area contributed by atoms with Crippen LogP contribution in [-0.4, -0.2) is 42.8 Å². The summed E-state index contributed by atoms with van der Waals surface area (Å²) in [6.45, 7) is 3.48. The lowest BCUT2D eigenvalue weighted by atomic mass is 10.00. The third-order valence-corrected chi connectivity index (χ3v) is 3.52. The Balaban J connectivity index is 2.11. The number of ether oxygens (including phenoxy) is 3. The third kappa shape index (κ3) is 3.00. The van der Waals surface area contributed by atoms with Crippen molar-refractivity contribution >= 4 is 5.97 Å². The number of aliphatic hydroxyl groups is 1. The number of aliphatic hydroxyl groups excluding tert-OH is 1. The molecule has 20 heavy (non-hydrogen) atoms. The van der Waals surface area contributed by atoms with Crippen molar-refractivity contribution in [2.24, 2.45) is 5.92 Å². The van der Waals surface area contributed by atoms with Gasteiger partial charge in [0.2, 0.25) is 0 Å². The molecule has 5 nitrogen and oxygen atoms in total. The van der Waals surface area contributed by atoms with Crippen molar-refractivity contribution in [1.82, 2.24) is 0 Å². The van der Waals surface area contributed by atoms with Gasteiger partial charge in [-0.15, -0.1) is 0 Å². The number of hydrogen-bond acceptors (Lipinski definition) is 5. The number of hydrogen-bond donors (Lipinski definition) is 1. The molecule has 0 spiro atoms. The maximum Gasteiger partial charge on any atom is 0.338 e. The average Bonchev–Trinajstić information content (AvgIpc) is 2.77.